The highest BCUT2D eigenvalue weighted by atomic mass is 15.1. The van der Waals surface area contributed by atoms with Crippen molar-refractivity contribution >= 4 is 105 Å². The molecule has 11 aromatic carbocycles. The molecule has 0 radical (unpaired) electrons. The van der Waals surface area contributed by atoms with Crippen LogP contribution in [0.25, 0.3) is 70.4 Å². The molecular weight excluding hydrogens is 691 g/mol. The molecule has 16 rings (SSSR count). The molecule has 57 heavy (non-hydrogen) atoms. The summed E-state index contributed by atoms with van der Waals surface area (Å²) in [5, 5.41) is 12.2. The maximum absolute atomic E-state index is 2.50. The molecule has 0 aliphatic heterocycles. The highest BCUT2D eigenvalue weighted by molar-refractivity contribution is 6.36. The lowest BCUT2D eigenvalue weighted by molar-refractivity contribution is 1.30. The summed E-state index contributed by atoms with van der Waals surface area (Å²) in [6, 6.07) is 77.8. The van der Waals surface area contributed by atoms with Gasteiger partial charge in [0.1, 0.15) is 0 Å². The quantitative estimate of drug-likeness (QED) is 0.169. The first-order valence-electron chi connectivity index (χ1n) is 19.6. The third-order valence-corrected chi connectivity index (χ3v) is 11.8. The van der Waals surface area contributed by atoms with E-state index in [1.165, 1.54) is 70.6 Å². The molecule has 5 aromatic heterocycles. The molecule has 0 aliphatic carbocycles. The second kappa shape index (κ2) is 12.5. The Balaban J connectivity index is 1.33. The van der Waals surface area contributed by atoms with Gasteiger partial charge in [-0.2, -0.15) is 0 Å². The lowest BCUT2D eigenvalue weighted by Gasteiger charge is -2.29. The summed E-state index contributed by atoms with van der Waals surface area (Å²) < 4.78 is 2.50. The van der Waals surface area contributed by atoms with Gasteiger partial charge in [0.2, 0.25) is 0 Å². The predicted molar refractivity (Wildman–Crippen MR) is 243 cm³/mol. The van der Waals surface area contributed by atoms with E-state index in [0.717, 1.165) is 34.0 Å². The van der Waals surface area contributed by atoms with Crippen molar-refractivity contribution in [2.45, 2.75) is 0 Å². The molecular formula is C54H35N3. The molecule has 5 heterocycles. The average Bonchev–Trinajstić information content (AvgIpc) is 3.62. The molecule has 16 aromatic rings. The molecule has 0 saturated heterocycles. The number of nitrogens with zero attached hydrogens (tertiary/aromatic N) is 3. The monoisotopic (exact) mass is 725 g/mol. The molecule has 3 nitrogen and oxygen atoms in total. The van der Waals surface area contributed by atoms with E-state index >= 15 is 0 Å². The molecule has 3 heteroatoms. The Hall–Kier alpha value is -7.62. The minimum absolute atomic E-state index is 1.11. The number of benzene rings is 11. The predicted octanol–water partition coefficient (Wildman–Crippen LogP) is 15.2. The fraction of sp³-hybridized carbons (Fsp3) is 0. The number of fused-ring (bicyclic) bond motifs is 3. The summed E-state index contributed by atoms with van der Waals surface area (Å²) in [6.45, 7) is 0. The van der Waals surface area contributed by atoms with Crippen LogP contribution < -0.4 is 9.80 Å². The smallest absolute Gasteiger partial charge is 0.0626 e. The van der Waals surface area contributed by atoms with Crippen LogP contribution >= 0.6 is 0 Å². The summed E-state index contributed by atoms with van der Waals surface area (Å²) in [5.74, 6) is 0. The van der Waals surface area contributed by atoms with Crippen LogP contribution in [0.4, 0.5) is 34.1 Å². The fourth-order valence-electron chi connectivity index (χ4n) is 9.35. The number of hydrogen-bond donors (Lipinski definition) is 0. The third-order valence-electron chi connectivity index (χ3n) is 11.8. The first-order chi connectivity index (χ1) is 28.3. The highest BCUT2D eigenvalue weighted by Crippen LogP contribution is 2.50. The summed E-state index contributed by atoms with van der Waals surface area (Å²) in [5.41, 5.74) is 10.4. The number of para-hydroxylation sites is 5. The van der Waals surface area contributed by atoms with Crippen LogP contribution in [-0.2, 0) is 0 Å². The fourth-order valence-corrected chi connectivity index (χ4v) is 9.35. The maximum atomic E-state index is 2.50. The van der Waals surface area contributed by atoms with Crippen molar-refractivity contribution in [3.8, 4) is 0 Å². The van der Waals surface area contributed by atoms with Gasteiger partial charge in [0.05, 0.1) is 22.4 Å². The van der Waals surface area contributed by atoms with Crippen molar-refractivity contribution in [1.82, 2.24) is 4.40 Å². The van der Waals surface area contributed by atoms with E-state index in [0.29, 0.717) is 0 Å². The van der Waals surface area contributed by atoms with Crippen molar-refractivity contribution in [3.63, 3.8) is 0 Å². The summed E-state index contributed by atoms with van der Waals surface area (Å²) >= 11 is 0. The van der Waals surface area contributed by atoms with Crippen LogP contribution in [-0.4, -0.2) is 4.40 Å². The first-order valence-corrected chi connectivity index (χ1v) is 19.6. The van der Waals surface area contributed by atoms with Gasteiger partial charge in [-0.1, -0.05) is 121 Å². The molecule has 0 aliphatic rings. The number of hydrogen-bond acceptors (Lipinski definition) is 2. The Morgan fingerprint density at radius 1 is 0.298 bits per heavy atom. The van der Waals surface area contributed by atoms with Gasteiger partial charge < -0.3 is 14.2 Å². The van der Waals surface area contributed by atoms with Crippen LogP contribution in [0, 0.1) is 0 Å². The van der Waals surface area contributed by atoms with Gasteiger partial charge >= 0.3 is 0 Å². The molecule has 0 N–H and O–H groups in total. The van der Waals surface area contributed by atoms with Gasteiger partial charge in [-0.05, 0) is 118 Å². The van der Waals surface area contributed by atoms with Crippen molar-refractivity contribution in [2.24, 2.45) is 0 Å². The topological polar surface area (TPSA) is 10.9 Å². The second-order valence-corrected chi connectivity index (χ2v) is 14.9. The largest absolute Gasteiger partial charge is 0.310 e. The zero-order chi connectivity index (χ0) is 37.5. The second-order valence-electron chi connectivity index (χ2n) is 14.9. The SMILES string of the molecule is c1ccc(N(c2ccccc2)c2ccc3cc2c2cc4c5ccccc5n(c5ccc3cc5)c4c3c4ccc(cc4N(c4ccccc4)c4ccccc4)c23)cc1. The Labute approximate surface area is 329 Å². The van der Waals surface area contributed by atoms with E-state index in [9.17, 15) is 0 Å². The van der Waals surface area contributed by atoms with E-state index in [4.69, 9.17) is 0 Å². The summed E-state index contributed by atoms with van der Waals surface area (Å²) in [4.78, 5) is 4.83. The Kier molecular flexibility index (Phi) is 6.93. The molecule has 0 spiro atoms. The third kappa shape index (κ3) is 4.79. The summed E-state index contributed by atoms with van der Waals surface area (Å²) in [6.07, 6.45) is 0. The van der Waals surface area contributed by atoms with E-state index in [2.05, 4.69) is 227 Å². The normalized spacial score (nSPS) is 11.9. The summed E-state index contributed by atoms with van der Waals surface area (Å²) in [7, 11) is 0. The molecule has 0 unspecified atom stereocenters. The van der Waals surface area contributed by atoms with Gasteiger partial charge in [-0.15, -0.1) is 0 Å². The van der Waals surface area contributed by atoms with Crippen molar-refractivity contribution in [3.05, 3.63) is 212 Å². The Morgan fingerprint density at radius 3 is 1.44 bits per heavy atom. The Bertz CT molecular complexity index is 3350. The average molecular weight is 726 g/mol. The molecule has 266 valence electrons. The first kappa shape index (κ1) is 31.7. The van der Waals surface area contributed by atoms with Crippen LogP contribution in [0.3, 0.4) is 0 Å². The van der Waals surface area contributed by atoms with Crippen LogP contribution in [0.2, 0.25) is 0 Å². The zero-order valence-corrected chi connectivity index (χ0v) is 31.0. The maximum Gasteiger partial charge on any atom is 0.0626 e. The van der Waals surface area contributed by atoms with Gasteiger partial charge in [0, 0.05) is 55.2 Å². The van der Waals surface area contributed by atoms with Gasteiger partial charge in [0.15, 0.2) is 0 Å². The Morgan fingerprint density at radius 2 is 0.825 bits per heavy atom. The molecule has 0 saturated carbocycles. The zero-order valence-electron chi connectivity index (χ0n) is 31.0. The minimum Gasteiger partial charge on any atom is -0.310 e. The van der Waals surface area contributed by atoms with Crippen LogP contribution in [0.1, 0.15) is 0 Å². The molecule has 10 bridgehead atoms. The van der Waals surface area contributed by atoms with Crippen LogP contribution in [0.15, 0.2) is 212 Å². The number of aromatic nitrogens is 1. The standard InChI is InChI=1S/C54H35N3/c1-5-15-39(16-6-1)55(40-17-7-2-8-18-40)50-32-28-37-33-46(50)47-35-48-44-23-13-14-24-49(44)57(43-29-25-36(37)26-30-43)54(48)53-45-31-27-38(52(47)53)34-51(45)56(41-19-9-3-10-20-41)42-21-11-4-12-22-42/h1-35H. The van der Waals surface area contributed by atoms with Crippen molar-refractivity contribution < 1.29 is 0 Å². The van der Waals surface area contributed by atoms with E-state index in [-0.39, 0.29) is 0 Å². The van der Waals surface area contributed by atoms with E-state index in [1.54, 1.807) is 0 Å². The van der Waals surface area contributed by atoms with E-state index < -0.39 is 0 Å². The molecule has 0 atom stereocenters. The van der Waals surface area contributed by atoms with Crippen LogP contribution in [0.5, 0.6) is 0 Å². The van der Waals surface area contributed by atoms with Crippen molar-refractivity contribution in [1.29, 1.82) is 0 Å². The number of rotatable bonds is 6. The van der Waals surface area contributed by atoms with Gasteiger partial charge in [-0.25, -0.2) is 0 Å². The lowest BCUT2D eigenvalue weighted by atomic mass is 9.90. The molecule has 0 fully saturated rings. The molecule has 0 amide bonds. The van der Waals surface area contributed by atoms with Gasteiger partial charge in [-0.3, -0.25) is 0 Å². The minimum atomic E-state index is 1.11. The highest BCUT2D eigenvalue weighted by Gasteiger charge is 2.25. The van der Waals surface area contributed by atoms with Gasteiger partial charge in [0.25, 0.3) is 0 Å². The number of anilines is 6. The van der Waals surface area contributed by atoms with E-state index in [1.807, 2.05) is 0 Å². The lowest BCUT2D eigenvalue weighted by Crippen LogP contribution is -2.11. The van der Waals surface area contributed by atoms with Crippen molar-refractivity contribution in [2.75, 3.05) is 9.80 Å².